The molecule has 2 nitrogen and oxygen atoms in total. The Balaban J connectivity index is 2.27. The van der Waals surface area contributed by atoms with Gasteiger partial charge in [0.1, 0.15) is 5.54 Å². The zero-order valence-electron chi connectivity index (χ0n) is 13.8. The largest absolute Gasteiger partial charge is 0.300 e. The van der Waals surface area contributed by atoms with E-state index in [2.05, 4.69) is 50.4 Å². The van der Waals surface area contributed by atoms with Crippen LogP contribution in [0, 0.1) is 25.2 Å². The Morgan fingerprint density at radius 3 is 2.62 bits per heavy atom. The Morgan fingerprint density at radius 1 is 1.24 bits per heavy atom. The highest BCUT2D eigenvalue weighted by Crippen LogP contribution is 2.23. The summed E-state index contributed by atoms with van der Waals surface area (Å²) in [7, 11) is 0. The van der Waals surface area contributed by atoms with E-state index in [9.17, 15) is 5.26 Å². The van der Waals surface area contributed by atoms with Gasteiger partial charge in [-0.1, -0.05) is 13.0 Å². The van der Waals surface area contributed by atoms with Crippen molar-refractivity contribution in [3.8, 4) is 6.07 Å². The standard InChI is InChI=1S/C18H28N2S/c1-5-11-20-18(4,14-19)10-6-7-12-21-17-9-8-15(2)16(3)13-17/h8-9,13,20H,5-7,10-12H2,1-4H3. The predicted molar refractivity (Wildman–Crippen MR) is 92.8 cm³/mol. The second-order valence-electron chi connectivity index (χ2n) is 5.92. The third-order valence-electron chi connectivity index (χ3n) is 3.83. The number of thioether (sulfide) groups is 1. The summed E-state index contributed by atoms with van der Waals surface area (Å²) in [5, 5.41) is 12.6. The van der Waals surface area contributed by atoms with Gasteiger partial charge in [-0.15, -0.1) is 11.8 Å². The number of nitriles is 1. The van der Waals surface area contributed by atoms with Crippen LogP contribution in [0.5, 0.6) is 0 Å². The molecule has 1 unspecified atom stereocenters. The highest BCUT2D eigenvalue weighted by Gasteiger charge is 2.21. The number of rotatable bonds is 9. The molecule has 0 aliphatic carbocycles. The molecule has 0 aromatic heterocycles. The Hall–Kier alpha value is -0.980. The Bertz CT molecular complexity index is 479. The molecule has 3 heteroatoms. The van der Waals surface area contributed by atoms with Gasteiger partial charge in [-0.25, -0.2) is 0 Å². The Labute approximate surface area is 134 Å². The van der Waals surface area contributed by atoms with E-state index in [-0.39, 0.29) is 5.54 Å². The van der Waals surface area contributed by atoms with Crippen molar-refractivity contribution in [2.45, 2.75) is 63.8 Å². The molecule has 0 aliphatic heterocycles. The van der Waals surface area contributed by atoms with Crippen molar-refractivity contribution in [2.24, 2.45) is 0 Å². The van der Waals surface area contributed by atoms with Crippen molar-refractivity contribution in [1.82, 2.24) is 5.32 Å². The molecule has 0 saturated carbocycles. The second-order valence-corrected chi connectivity index (χ2v) is 7.09. The zero-order valence-corrected chi connectivity index (χ0v) is 14.6. The van der Waals surface area contributed by atoms with Gasteiger partial charge >= 0.3 is 0 Å². The highest BCUT2D eigenvalue weighted by molar-refractivity contribution is 7.99. The summed E-state index contributed by atoms with van der Waals surface area (Å²) < 4.78 is 0. The number of benzene rings is 1. The van der Waals surface area contributed by atoms with Gasteiger partial charge in [0.15, 0.2) is 0 Å². The molecular weight excluding hydrogens is 276 g/mol. The third kappa shape index (κ3) is 6.54. The van der Waals surface area contributed by atoms with Crippen LogP contribution in [0.15, 0.2) is 23.1 Å². The normalized spacial score (nSPS) is 13.7. The molecule has 1 rings (SSSR count). The van der Waals surface area contributed by atoms with Crippen LogP contribution in [0.1, 0.15) is 50.7 Å². The molecule has 1 N–H and O–H groups in total. The van der Waals surface area contributed by atoms with E-state index in [0.29, 0.717) is 0 Å². The summed E-state index contributed by atoms with van der Waals surface area (Å²) in [5.41, 5.74) is 2.35. The number of nitrogens with zero attached hydrogens (tertiary/aromatic N) is 1. The van der Waals surface area contributed by atoms with E-state index in [1.807, 2.05) is 18.7 Å². The first-order valence-corrected chi connectivity index (χ1v) is 8.85. The topological polar surface area (TPSA) is 35.8 Å². The number of aryl methyl sites for hydroxylation is 2. The molecule has 0 amide bonds. The van der Waals surface area contributed by atoms with Gasteiger partial charge in [-0.3, -0.25) is 5.32 Å². The first-order valence-electron chi connectivity index (χ1n) is 7.87. The van der Waals surface area contributed by atoms with Crippen molar-refractivity contribution in [3.63, 3.8) is 0 Å². The number of nitrogens with one attached hydrogen (secondary N) is 1. The van der Waals surface area contributed by atoms with Gasteiger partial charge in [0.05, 0.1) is 6.07 Å². The highest BCUT2D eigenvalue weighted by atomic mass is 32.2. The van der Waals surface area contributed by atoms with E-state index in [1.165, 1.54) is 16.0 Å². The van der Waals surface area contributed by atoms with Crippen LogP contribution in [-0.4, -0.2) is 17.8 Å². The fourth-order valence-electron chi connectivity index (χ4n) is 2.16. The van der Waals surface area contributed by atoms with Crippen molar-refractivity contribution in [3.05, 3.63) is 29.3 Å². The van der Waals surface area contributed by atoms with Crippen molar-refractivity contribution < 1.29 is 0 Å². The molecule has 0 aliphatic rings. The summed E-state index contributed by atoms with van der Waals surface area (Å²) >= 11 is 1.92. The van der Waals surface area contributed by atoms with Gasteiger partial charge in [0, 0.05) is 4.90 Å². The van der Waals surface area contributed by atoms with E-state index in [4.69, 9.17) is 0 Å². The van der Waals surface area contributed by atoms with Gasteiger partial charge < -0.3 is 0 Å². The molecule has 0 saturated heterocycles. The maximum atomic E-state index is 9.29. The van der Waals surface area contributed by atoms with E-state index in [1.54, 1.807) is 0 Å². The van der Waals surface area contributed by atoms with Crippen LogP contribution in [-0.2, 0) is 0 Å². The fraction of sp³-hybridized carbons (Fsp3) is 0.611. The Kier molecular flexibility index (Phi) is 7.85. The van der Waals surface area contributed by atoms with Gasteiger partial charge in [-0.2, -0.15) is 5.26 Å². The van der Waals surface area contributed by atoms with Crippen molar-refractivity contribution in [1.29, 1.82) is 5.26 Å². The molecule has 0 spiro atoms. The van der Waals surface area contributed by atoms with Crippen LogP contribution >= 0.6 is 11.8 Å². The number of hydrogen-bond donors (Lipinski definition) is 1. The summed E-state index contributed by atoms with van der Waals surface area (Å²) in [6.45, 7) is 9.37. The minimum atomic E-state index is -0.360. The lowest BCUT2D eigenvalue weighted by Gasteiger charge is -2.22. The minimum absolute atomic E-state index is 0.360. The smallest absolute Gasteiger partial charge is 0.103 e. The summed E-state index contributed by atoms with van der Waals surface area (Å²) in [4.78, 5) is 1.35. The van der Waals surface area contributed by atoms with Crippen LogP contribution in [0.2, 0.25) is 0 Å². The van der Waals surface area contributed by atoms with Crippen LogP contribution in [0.25, 0.3) is 0 Å². The number of unbranched alkanes of at least 4 members (excludes halogenated alkanes) is 1. The average molecular weight is 305 g/mol. The second kappa shape index (κ2) is 9.12. The van der Waals surface area contributed by atoms with Crippen molar-refractivity contribution in [2.75, 3.05) is 12.3 Å². The van der Waals surface area contributed by atoms with E-state index in [0.717, 1.165) is 38.0 Å². The molecular formula is C18H28N2S. The lowest BCUT2D eigenvalue weighted by Crippen LogP contribution is -2.41. The molecule has 1 atom stereocenters. The minimum Gasteiger partial charge on any atom is -0.300 e. The van der Waals surface area contributed by atoms with E-state index < -0.39 is 0 Å². The monoisotopic (exact) mass is 304 g/mol. The molecule has 116 valence electrons. The lowest BCUT2D eigenvalue weighted by molar-refractivity contribution is 0.406. The SMILES string of the molecule is CCCNC(C)(C#N)CCCCSc1ccc(C)c(C)c1. The summed E-state index contributed by atoms with van der Waals surface area (Å²) in [5.74, 6) is 1.12. The first kappa shape index (κ1) is 18.1. The van der Waals surface area contributed by atoms with Gasteiger partial charge in [-0.05, 0) is 82.0 Å². The molecule has 0 heterocycles. The van der Waals surface area contributed by atoms with E-state index >= 15 is 0 Å². The predicted octanol–water partition coefficient (Wildman–Crippen LogP) is 4.85. The van der Waals surface area contributed by atoms with Crippen LogP contribution in [0.4, 0.5) is 0 Å². The van der Waals surface area contributed by atoms with Crippen LogP contribution in [0.3, 0.4) is 0 Å². The molecule has 1 aromatic rings. The average Bonchev–Trinajstić information content (AvgIpc) is 2.48. The molecule has 0 radical (unpaired) electrons. The van der Waals surface area contributed by atoms with Gasteiger partial charge in [0.2, 0.25) is 0 Å². The van der Waals surface area contributed by atoms with Gasteiger partial charge in [0.25, 0.3) is 0 Å². The van der Waals surface area contributed by atoms with Crippen molar-refractivity contribution >= 4 is 11.8 Å². The maximum Gasteiger partial charge on any atom is 0.103 e. The quantitative estimate of drug-likeness (QED) is 0.523. The lowest BCUT2D eigenvalue weighted by atomic mass is 9.96. The third-order valence-corrected chi connectivity index (χ3v) is 4.91. The maximum absolute atomic E-state index is 9.29. The molecule has 21 heavy (non-hydrogen) atoms. The van der Waals surface area contributed by atoms with Crippen LogP contribution < -0.4 is 5.32 Å². The fourth-order valence-corrected chi connectivity index (χ4v) is 3.17. The molecule has 0 fully saturated rings. The molecule has 1 aromatic carbocycles. The number of hydrogen-bond acceptors (Lipinski definition) is 3. The first-order chi connectivity index (χ1) is 10.0. The molecule has 0 bridgehead atoms. The summed E-state index contributed by atoms with van der Waals surface area (Å²) in [6.07, 6.45) is 4.25. The zero-order chi connectivity index (χ0) is 15.7. The Morgan fingerprint density at radius 2 is 2.00 bits per heavy atom. The summed E-state index contributed by atoms with van der Waals surface area (Å²) in [6, 6.07) is 9.08.